The molecule has 0 radical (unpaired) electrons. The van der Waals surface area contributed by atoms with Gasteiger partial charge in [0, 0.05) is 13.1 Å². The Morgan fingerprint density at radius 3 is 2.74 bits per heavy atom. The summed E-state index contributed by atoms with van der Waals surface area (Å²) in [6, 6.07) is 7.24. The number of likely N-dealkylation sites (N-methyl/N-ethyl adjacent to an activating group) is 1. The van der Waals surface area contributed by atoms with E-state index in [2.05, 4.69) is 5.32 Å². The molecule has 1 atom stereocenters. The van der Waals surface area contributed by atoms with Gasteiger partial charge in [-0.05, 0) is 30.5 Å². The van der Waals surface area contributed by atoms with Crippen LogP contribution in [0.1, 0.15) is 24.4 Å². The molecule has 0 saturated heterocycles. The van der Waals surface area contributed by atoms with Gasteiger partial charge in [-0.3, -0.25) is 9.69 Å². The lowest BCUT2D eigenvalue weighted by atomic mass is 9.95. The third-order valence-corrected chi connectivity index (χ3v) is 4.80. The number of carbonyl (C=O) groups excluding carboxylic acids is 2. The maximum Gasteiger partial charge on any atom is 0.322 e. The molecule has 3 aliphatic rings. The first-order chi connectivity index (χ1) is 11.1. The second-order valence-electron chi connectivity index (χ2n) is 6.24. The predicted octanol–water partition coefficient (Wildman–Crippen LogP) is 1.65. The van der Waals surface area contributed by atoms with Gasteiger partial charge in [0.1, 0.15) is 5.75 Å². The number of methoxy groups -OCH3 is 1. The Labute approximate surface area is 134 Å². The molecule has 0 bridgehead atoms. The molecule has 3 amide bonds. The maximum absolute atomic E-state index is 12.9. The smallest absolute Gasteiger partial charge is 0.322 e. The lowest BCUT2D eigenvalue weighted by molar-refractivity contribution is -0.126. The van der Waals surface area contributed by atoms with Crippen molar-refractivity contribution in [3.8, 4) is 5.75 Å². The number of urea groups is 1. The highest BCUT2D eigenvalue weighted by Gasteiger charge is 2.46. The molecule has 1 aromatic rings. The van der Waals surface area contributed by atoms with Crippen LogP contribution in [0.15, 0.2) is 35.5 Å². The molecular weight excluding hydrogens is 294 g/mol. The SMILES string of the molecule is COc1cccc([C@@H]2NC(=O)N(C)C3=C2C(=O)N(C2CC2)C3)c1. The first-order valence-electron chi connectivity index (χ1n) is 7.82. The van der Waals surface area contributed by atoms with E-state index in [0.29, 0.717) is 23.9 Å². The Bertz CT molecular complexity index is 724. The zero-order valence-electron chi connectivity index (χ0n) is 13.2. The van der Waals surface area contributed by atoms with Crippen molar-refractivity contribution >= 4 is 11.9 Å². The molecule has 1 fully saturated rings. The van der Waals surface area contributed by atoms with Gasteiger partial charge < -0.3 is 15.0 Å². The Hall–Kier alpha value is -2.50. The van der Waals surface area contributed by atoms with Crippen LogP contribution in [0.25, 0.3) is 0 Å². The van der Waals surface area contributed by atoms with E-state index < -0.39 is 6.04 Å². The topological polar surface area (TPSA) is 61.9 Å². The fourth-order valence-electron chi connectivity index (χ4n) is 3.34. The number of nitrogens with one attached hydrogen (secondary N) is 1. The highest BCUT2D eigenvalue weighted by atomic mass is 16.5. The van der Waals surface area contributed by atoms with E-state index >= 15 is 0 Å². The normalized spacial score (nSPS) is 24.0. The first kappa shape index (κ1) is 14.1. The molecule has 1 aliphatic carbocycles. The Morgan fingerprint density at radius 2 is 2.04 bits per heavy atom. The molecule has 1 saturated carbocycles. The minimum absolute atomic E-state index is 0.0437. The summed E-state index contributed by atoms with van der Waals surface area (Å²) in [7, 11) is 3.32. The summed E-state index contributed by atoms with van der Waals surface area (Å²) < 4.78 is 5.27. The molecule has 6 heteroatoms. The van der Waals surface area contributed by atoms with Crippen LogP contribution in [-0.4, -0.2) is 48.5 Å². The zero-order chi connectivity index (χ0) is 16.1. The molecular formula is C17H19N3O3. The van der Waals surface area contributed by atoms with Crippen LogP contribution in [0.4, 0.5) is 4.79 Å². The lowest BCUT2D eigenvalue weighted by Crippen LogP contribution is -2.45. The van der Waals surface area contributed by atoms with Crippen molar-refractivity contribution in [2.24, 2.45) is 0 Å². The van der Waals surface area contributed by atoms with Gasteiger partial charge in [0.25, 0.3) is 5.91 Å². The van der Waals surface area contributed by atoms with Crippen molar-refractivity contribution < 1.29 is 14.3 Å². The van der Waals surface area contributed by atoms with Crippen LogP contribution in [0.3, 0.4) is 0 Å². The third kappa shape index (κ3) is 2.17. The van der Waals surface area contributed by atoms with Crippen LogP contribution in [0.5, 0.6) is 5.75 Å². The summed E-state index contributed by atoms with van der Waals surface area (Å²) in [6.45, 7) is 0.531. The van der Waals surface area contributed by atoms with Crippen molar-refractivity contribution in [2.45, 2.75) is 24.9 Å². The van der Waals surface area contributed by atoms with Crippen molar-refractivity contribution in [3.05, 3.63) is 41.1 Å². The van der Waals surface area contributed by atoms with Crippen molar-refractivity contribution in [1.82, 2.24) is 15.1 Å². The fraction of sp³-hybridized carbons (Fsp3) is 0.412. The molecule has 2 heterocycles. The highest BCUT2D eigenvalue weighted by molar-refractivity contribution is 6.01. The van der Waals surface area contributed by atoms with Gasteiger partial charge in [0.15, 0.2) is 0 Å². The van der Waals surface area contributed by atoms with E-state index in [1.807, 2.05) is 29.2 Å². The van der Waals surface area contributed by atoms with Crippen LogP contribution in [0.2, 0.25) is 0 Å². The minimum atomic E-state index is -0.417. The number of carbonyl (C=O) groups is 2. The highest BCUT2D eigenvalue weighted by Crippen LogP contribution is 2.40. The van der Waals surface area contributed by atoms with Crippen LogP contribution in [-0.2, 0) is 4.79 Å². The van der Waals surface area contributed by atoms with Crippen molar-refractivity contribution in [3.63, 3.8) is 0 Å². The van der Waals surface area contributed by atoms with E-state index in [1.54, 1.807) is 19.1 Å². The fourth-order valence-corrected chi connectivity index (χ4v) is 3.34. The Kier molecular flexibility index (Phi) is 3.07. The minimum Gasteiger partial charge on any atom is -0.497 e. The van der Waals surface area contributed by atoms with Gasteiger partial charge in [-0.1, -0.05) is 12.1 Å². The summed E-state index contributed by atoms with van der Waals surface area (Å²) in [5.41, 5.74) is 2.37. The van der Waals surface area contributed by atoms with Crippen molar-refractivity contribution in [1.29, 1.82) is 0 Å². The molecule has 23 heavy (non-hydrogen) atoms. The van der Waals surface area contributed by atoms with E-state index in [4.69, 9.17) is 4.74 Å². The van der Waals surface area contributed by atoms with Gasteiger partial charge in [0.2, 0.25) is 0 Å². The average molecular weight is 313 g/mol. The molecule has 0 aromatic heterocycles. The van der Waals surface area contributed by atoms with Gasteiger partial charge >= 0.3 is 6.03 Å². The number of amides is 3. The van der Waals surface area contributed by atoms with Gasteiger partial charge in [-0.25, -0.2) is 4.79 Å². The summed E-state index contributed by atoms with van der Waals surface area (Å²) in [6.07, 6.45) is 2.11. The van der Waals surface area contributed by atoms with Crippen LogP contribution >= 0.6 is 0 Å². The molecule has 4 rings (SSSR count). The maximum atomic E-state index is 12.9. The molecule has 120 valence electrons. The molecule has 0 spiro atoms. The third-order valence-electron chi connectivity index (χ3n) is 4.80. The molecule has 1 N–H and O–H groups in total. The average Bonchev–Trinajstić information content (AvgIpc) is 3.35. The van der Waals surface area contributed by atoms with E-state index in [1.165, 1.54) is 0 Å². The molecule has 2 aliphatic heterocycles. The Balaban J connectivity index is 1.76. The standard InChI is InChI=1S/C17H19N3O3/c1-19-13-9-20(11-6-7-11)16(21)14(13)15(18-17(19)22)10-4-3-5-12(8-10)23-2/h3-5,8,11,15H,6-7,9H2,1-2H3,(H,18,22)/t15-/m0/s1. The van der Waals surface area contributed by atoms with E-state index in [9.17, 15) is 9.59 Å². The van der Waals surface area contributed by atoms with Crippen LogP contribution < -0.4 is 10.1 Å². The second-order valence-corrected chi connectivity index (χ2v) is 6.24. The monoisotopic (exact) mass is 313 g/mol. The predicted molar refractivity (Wildman–Crippen MR) is 83.8 cm³/mol. The largest absolute Gasteiger partial charge is 0.497 e. The van der Waals surface area contributed by atoms with E-state index in [-0.39, 0.29) is 11.9 Å². The second kappa shape index (κ2) is 5.01. The van der Waals surface area contributed by atoms with Gasteiger partial charge in [-0.15, -0.1) is 0 Å². The molecule has 0 unspecified atom stereocenters. The Morgan fingerprint density at radius 1 is 1.26 bits per heavy atom. The number of benzene rings is 1. The van der Waals surface area contributed by atoms with Gasteiger partial charge in [-0.2, -0.15) is 0 Å². The molecule has 6 nitrogen and oxygen atoms in total. The molecule has 1 aromatic carbocycles. The van der Waals surface area contributed by atoms with Gasteiger partial charge in [0.05, 0.1) is 31.0 Å². The number of hydrogen-bond donors (Lipinski definition) is 1. The number of hydrogen-bond acceptors (Lipinski definition) is 3. The van der Waals surface area contributed by atoms with Crippen molar-refractivity contribution in [2.75, 3.05) is 20.7 Å². The summed E-state index contributed by atoms with van der Waals surface area (Å²) >= 11 is 0. The number of ether oxygens (including phenoxy) is 1. The quantitative estimate of drug-likeness (QED) is 0.923. The first-order valence-corrected chi connectivity index (χ1v) is 7.82. The zero-order valence-corrected chi connectivity index (χ0v) is 13.2. The lowest BCUT2D eigenvalue weighted by Gasteiger charge is -2.31. The number of nitrogens with zero attached hydrogens (tertiary/aromatic N) is 2. The summed E-state index contributed by atoms with van der Waals surface area (Å²) in [5.74, 6) is 0.754. The van der Waals surface area contributed by atoms with E-state index in [0.717, 1.165) is 24.1 Å². The summed E-state index contributed by atoms with van der Waals surface area (Å²) in [4.78, 5) is 28.6. The summed E-state index contributed by atoms with van der Waals surface area (Å²) in [5, 5.41) is 2.94. The van der Waals surface area contributed by atoms with Crippen LogP contribution in [0, 0.1) is 0 Å². The number of rotatable bonds is 3.